The largest absolute Gasteiger partial charge is 0.373 e. The monoisotopic (exact) mass is 283 g/mol. The Kier molecular flexibility index (Phi) is 3.33. The van der Waals surface area contributed by atoms with Gasteiger partial charge in [-0.2, -0.15) is 0 Å². The third kappa shape index (κ3) is 2.35. The zero-order valence-corrected chi connectivity index (χ0v) is 12.1. The fraction of sp³-hybridized carbons (Fsp3) is 0.312. The molecular weight excluding hydrogens is 266 g/mol. The number of para-hydroxylation sites is 1. The quantitative estimate of drug-likeness (QED) is 0.877. The summed E-state index contributed by atoms with van der Waals surface area (Å²) >= 11 is 0. The number of carbonyl (C=O) groups excluding carboxylic acids is 2. The molecule has 1 aliphatic heterocycles. The highest BCUT2D eigenvalue weighted by Crippen LogP contribution is 2.26. The first kappa shape index (κ1) is 13.5. The Morgan fingerprint density at radius 3 is 2.76 bits per heavy atom. The van der Waals surface area contributed by atoms with Gasteiger partial charge in [-0.3, -0.25) is 14.5 Å². The van der Waals surface area contributed by atoms with E-state index in [1.165, 1.54) is 4.90 Å². The number of aromatic nitrogens is 1. The molecule has 5 nitrogen and oxygen atoms in total. The van der Waals surface area contributed by atoms with Gasteiger partial charge in [-0.25, -0.2) is 4.98 Å². The van der Waals surface area contributed by atoms with Gasteiger partial charge in [-0.1, -0.05) is 25.1 Å². The van der Waals surface area contributed by atoms with Crippen molar-refractivity contribution in [2.45, 2.75) is 19.9 Å². The lowest BCUT2D eigenvalue weighted by molar-refractivity contribution is -0.139. The second-order valence-electron chi connectivity index (χ2n) is 5.36. The van der Waals surface area contributed by atoms with Crippen molar-refractivity contribution in [1.29, 1.82) is 0 Å². The van der Waals surface area contributed by atoms with Crippen LogP contribution in [0.1, 0.15) is 18.9 Å². The summed E-state index contributed by atoms with van der Waals surface area (Å²) < 4.78 is 0. The van der Waals surface area contributed by atoms with Gasteiger partial charge in [0.1, 0.15) is 5.82 Å². The highest BCUT2D eigenvalue weighted by Gasteiger charge is 2.35. The van der Waals surface area contributed by atoms with Crippen molar-refractivity contribution in [3.63, 3.8) is 0 Å². The van der Waals surface area contributed by atoms with E-state index >= 15 is 0 Å². The average Bonchev–Trinajstić information content (AvgIpc) is 2.73. The van der Waals surface area contributed by atoms with Gasteiger partial charge in [-0.05, 0) is 12.1 Å². The van der Waals surface area contributed by atoms with Crippen LogP contribution < -0.4 is 5.32 Å². The normalized spacial score (nSPS) is 18.6. The van der Waals surface area contributed by atoms with Crippen LogP contribution in [0, 0.1) is 5.92 Å². The number of nitrogens with one attached hydrogen (secondary N) is 1. The van der Waals surface area contributed by atoms with Crippen LogP contribution >= 0.6 is 0 Å². The zero-order valence-electron chi connectivity index (χ0n) is 12.1. The zero-order chi connectivity index (χ0) is 15.0. The second-order valence-corrected chi connectivity index (χ2v) is 5.36. The molecule has 3 rings (SSSR count). The van der Waals surface area contributed by atoms with E-state index in [1.807, 2.05) is 30.3 Å². The number of fused-ring (bicyclic) bond motifs is 1. The number of likely N-dealkylation sites (tertiary alicyclic amines) is 1. The molecule has 0 radical (unpaired) electrons. The lowest BCUT2D eigenvalue weighted by Gasteiger charge is -2.17. The molecule has 1 unspecified atom stereocenters. The predicted octanol–water partition coefficient (Wildman–Crippen LogP) is 2.17. The summed E-state index contributed by atoms with van der Waals surface area (Å²) in [5.41, 5.74) is 1.74. The SMILES string of the molecule is CNc1nc2ccccc2cc1CN1C(=O)CC(C)C1=O. The van der Waals surface area contributed by atoms with Crippen molar-refractivity contribution in [2.75, 3.05) is 12.4 Å². The van der Waals surface area contributed by atoms with Crippen molar-refractivity contribution in [3.8, 4) is 0 Å². The van der Waals surface area contributed by atoms with E-state index in [2.05, 4.69) is 10.3 Å². The third-order valence-corrected chi connectivity index (χ3v) is 3.84. The number of nitrogens with zero attached hydrogens (tertiary/aromatic N) is 2. The maximum absolute atomic E-state index is 12.0. The molecular formula is C16H17N3O2. The van der Waals surface area contributed by atoms with E-state index < -0.39 is 0 Å². The number of imide groups is 1. The highest BCUT2D eigenvalue weighted by molar-refractivity contribution is 6.03. The van der Waals surface area contributed by atoms with Gasteiger partial charge in [0, 0.05) is 30.3 Å². The molecule has 1 aromatic carbocycles. The van der Waals surface area contributed by atoms with Gasteiger partial charge in [0.15, 0.2) is 0 Å². The van der Waals surface area contributed by atoms with Crippen molar-refractivity contribution < 1.29 is 9.59 Å². The molecule has 108 valence electrons. The lowest BCUT2D eigenvalue weighted by atomic mass is 10.1. The van der Waals surface area contributed by atoms with Crippen LogP contribution in [0.4, 0.5) is 5.82 Å². The van der Waals surface area contributed by atoms with E-state index in [1.54, 1.807) is 14.0 Å². The summed E-state index contributed by atoms with van der Waals surface area (Å²) in [7, 11) is 1.79. The summed E-state index contributed by atoms with van der Waals surface area (Å²) in [6.45, 7) is 2.06. The smallest absolute Gasteiger partial charge is 0.232 e. The van der Waals surface area contributed by atoms with Crippen LogP contribution in [0.3, 0.4) is 0 Å². The maximum atomic E-state index is 12.0. The first-order valence-electron chi connectivity index (χ1n) is 7.00. The fourth-order valence-corrected chi connectivity index (χ4v) is 2.68. The van der Waals surface area contributed by atoms with E-state index in [9.17, 15) is 9.59 Å². The molecule has 1 atom stereocenters. The van der Waals surface area contributed by atoms with E-state index in [0.717, 1.165) is 16.5 Å². The van der Waals surface area contributed by atoms with Gasteiger partial charge in [-0.15, -0.1) is 0 Å². The van der Waals surface area contributed by atoms with Crippen LogP contribution in [-0.4, -0.2) is 28.7 Å². The molecule has 1 aliphatic rings. The first-order chi connectivity index (χ1) is 10.1. The van der Waals surface area contributed by atoms with Crippen molar-refractivity contribution >= 4 is 28.5 Å². The molecule has 1 fully saturated rings. The number of hydrogen-bond donors (Lipinski definition) is 1. The van der Waals surface area contributed by atoms with Gasteiger partial charge < -0.3 is 5.32 Å². The number of rotatable bonds is 3. The van der Waals surface area contributed by atoms with Crippen molar-refractivity contribution in [2.24, 2.45) is 5.92 Å². The fourth-order valence-electron chi connectivity index (χ4n) is 2.68. The van der Waals surface area contributed by atoms with Gasteiger partial charge >= 0.3 is 0 Å². The minimum atomic E-state index is -0.219. The van der Waals surface area contributed by atoms with Crippen LogP contribution in [0.25, 0.3) is 10.9 Å². The molecule has 21 heavy (non-hydrogen) atoms. The van der Waals surface area contributed by atoms with Crippen molar-refractivity contribution in [3.05, 3.63) is 35.9 Å². The topological polar surface area (TPSA) is 62.3 Å². The lowest BCUT2D eigenvalue weighted by Crippen LogP contribution is -2.30. The number of hydrogen-bond acceptors (Lipinski definition) is 4. The minimum Gasteiger partial charge on any atom is -0.373 e. The van der Waals surface area contributed by atoms with Crippen molar-refractivity contribution in [1.82, 2.24) is 9.88 Å². The van der Waals surface area contributed by atoms with E-state index in [-0.39, 0.29) is 24.3 Å². The maximum Gasteiger partial charge on any atom is 0.232 e. The van der Waals surface area contributed by atoms with Gasteiger partial charge in [0.25, 0.3) is 0 Å². The molecule has 1 aromatic heterocycles. The Bertz CT molecular complexity index is 727. The van der Waals surface area contributed by atoms with Crippen LogP contribution in [0.2, 0.25) is 0 Å². The summed E-state index contributed by atoms with van der Waals surface area (Å²) in [6, 6.07) is 9.78. The number of amides is 2. The number of anilines is 1. The third-order valence-electron chi connectivity index (χ3n) is 3.84. The number of carbonyl (C=O) groups is 2. The Hall–Kier alpha value is -2.43. The van der Waals surface area contributed by atoms with Crippen LogP contribution in [0.5, 0.6) is 0 Å². The Morgan fingerprint density at radius 1 is 1.33 bits per heavy atom. The van der Waals surface area contributed by atoms with Gasteiger partial charge in [0.05, 0.1) is 12.1 Å². The minimum absolute atomic E-state index is 0.102. The molecule has 0 bridgehead atoms. The predicted molar refractivity (Wildman–Crippen MR) is 80.6 cm³/mol. The van der Waals surface area contributed by atoms with E-state index in [4.69, 9.17) is 0 Å². The molecule has 2 amide bonds. The molecule has 5 heteroatoms. The average molecular weight is 283 g/mol. The summed E-state index contributed by atoms with van der Waals surface area (Å²) in [4.78, 5) is 29.8. The molecule has 2 aromatic rings. The highest BCUT2D eigenvalue weighted by atomic mass is 16.2. The first-order valence-corrected chi connectivity index (χ1v) is 7.00. The summed E-state index contributed by atoms with van der Waals surface area (Å²) in [5, 5.41) is 4.04. The molecule has 0 spiro atoms. The molecule has 2 heterocycles. The number of pyridine rings is 1. The molecule has 0 saturated carbocycles. The Morgan fingerprint density at radius 2 is 2.10 bits per heavy atom. The number of benzene rings is 1. The Labute approximate surface area is 123 Å². The van der Waals surface area contributed by atoms with Crippen LogP contribution in [-0.2, 0) is 16.1 Å². The van der Waals surface area contributed by atoms with Gasteiger partial charge in [0.2, 0.25) is 11.8 Å². The second kappa shape index (κ2) is 5.16. The standard InChI is InChI=1S/C16H17N3O2/c1-10-7-14(20)19(16(10)21)9-12-8-11-5-3-4-6-13(11)18-15(12)17-2/h3-6,8,10H,7,9H2,1-2H3,(H,17,18). The molecule has 1 saturated heterocycles. The Balaban J connectivity index is 2.00. The molecule has 0 aliphatic carbocycles. The summed E-state index contributed by atoms with van der Waals surface area (Å²) in [5.74, 6) is 0.274. The molecule has 1 N–H and O–H groups in total. The van der Waals surface area contributed by atoms with Crippen LogP contribution in [0.15, 0.2) is 30.3 Å². The van der Waals surface area contributed by atoms with E-state index in [0.29, 0.717) is 12.2 Å². The summed E-state index contributed by atoms with van der Waals surface area (Å²) in [6.07, 6.45) is 0.300.